The number of hydrogen-bond acceptors (Lipinski definition) is 4. The minimum absolute atomic E-state index is 0.350. The lowest BCUT2D eigenvalue weighted by molar-refractivity contribution is -0.308. The molecule has 0 N–H and O–H groups in total. The summed E-state index contributed by atoms with van der Waals surface area (Å²) in [4.78, 5) is 11.6. The lowest BCUT2D eigenvalue weighted by Gasteiger charge is -2.37. The lowest BCUT2D eigenvalue weighted by Crippen LogP contribution is -2.64. The number of carbonyl (C=O) groups is 1. The molecule has 0 aromatic heterocycles. The molecule has 1 heterocycles. The highest BCUT2D eigenvalue weighted by Gasteiger charge is 2.82. The molecule has 0 aromatic carbocycles. The molecule has 10 heteroatoms. The zero-order chi connectivity index (χ0) is 16.0. The molecular formula is C10H12F6N2O2. The Morgan fingerprint density at radius 2 is 1.55 bits per heavy atom. The monoisotopic (exact) mass is 306 g/mol. The van der Waals surface area contributed by atoms with E-state index in [1.165, 1.54) is 6.92 Å². The van der Waals surface area contributed by atoms with E-state index in [0.717, 1.165) is 13.8 Å². The van der Waals surface area contributed by atoms with Crippen molar-refractivity contribution in [1.29, 1.82) is 0 Å². The first kappa shape index (κ1) is 16.7. The molecule has 0 spiro atoms. The highest BCUT2D eigenvalue weighted by atomic mass is 19.4. The number of rotatable bonds is 2. The van der Waals surface area contributed by atoms with E-state index >= 15 is 0 Å². The quantitative estimate of drug-likeness (QED) is 0.581. The van der Waals surface area contributed by atoms with Crippen LogP contribution in [0.25, 0.3) is 0 Å². The fraction of sp³-hybridized carbons (Fsp3) is 0.900. The van der Waals surface area contributed by atoms with E-state index < -0.39 is 35.3 Å². The SMILES string of the molecule is CCOC(=O)C1C(C)(C)N=NC1(C(F)(F)F)C(F)(F)F. The average Bonchev–Trinajstić information content (AvgIpc) is 2.49. The van der Waals surface area contributed by atoms with Crippen LogP contribution in [0.4, 0.5) is 26.3 Å². The molecule has 0 aromatic rings. The van der Waals surface area contributed by atoms with Gasteiger partial charge in [0.1, 0.15) is 5.92 Å². The van der Waals surface area contributed by atoms with Crippen molar-refractivity contribution in [2.45, 2.75) is 44.2 Å². The maximum Gasteiger partial charge on any atom is 0.425 e. The number of hydrogen-bond donors (Lipinski definition) is 0. The second-order valence-corrected chi connectivity index (χ2v) is 4.80. The Balaban J connectivity index is 3.51. The van der Waals surface area contributed by atoms with Gasteiger partial charge in [0.15, 0.2) is 0 Å². The first-order chi connectivity index (χ1) is 8.81. The van der Waals surface area contributed by atoms with Crippen LogP contribution in [-0.2, 0) is 9.53 Å². The molecule has 1 aliphatic rings. The van der Waals surface area contributed by atoms with Crippen molar-refractivity contribution in [1.82, 2.24) is 0 Å². The van der Waals surface area contributed by atoms with Gasteiger partial charge in [-0.2, -0.15) is 36.6 Å². The molecule has 1 atom stereocenters. The number of azo groups is 1. The molecule has 0 saturated heterocycles. The summed E-state index contributed by atoms with van der Waals surface area (Å²) in [5.41, 5.74) is -6.55. The van der Waals surface area contributed by atoms with Crippen LogP contribution in [0.15, 0.2) is 10.2 Å². The van der Waals surface area contributed by atoms with Gasteiger partial charge in [-0.05, 0) is 20.8 Å². The molecule has 116 valence electrons. The van der Waals surface area contributed by atoms with Gasteiger partial charge in [-0.15, -0.1) is 0 Å². The summed E-state index contributed by atoms with van der Waals surface area (Å²) in [6.07, 6.45) is -11.6. The third-order valence-electron chi connectivity index (χ3n) is 2.98. The molecule has 1 rings (SSSR count). The Bertz CT molecular complexity index is 412. The van der Waals surface area contributed by atoms with Crippen molar-refractivity contribution in [3.05, 3.63) is 0 Å². The van der Waals surface area contributed by atoms with Gasteiger partial charge in [0, 0.05) is 0 Å². The van der Waals surface area contributed by atoms with Gasteiger partial charge in [-0.3, -0.25) is 4.79 Å². The number of ether oxygens (including phenoxy) is 1. The van der Waals surface area contributed by atoms with E-state index in [1.54, 1.807) is 0 Å². The Kier molecular flexibility index (Phi) is 3.83. The summed E-state index contributed by atoms with van der Waals surface area (Å²) < 4.78 is 82.5. The second kappa shape index (κ2) is 4.59. The Hall–Kier alpha value is -1.35. The number of halogens is 6. The van der Waals surface area contributed by atoms with Crippen LogP contribution in [-0.4, -0.2) is 36.0 Å². The highest BCUT2D eigenvalue weighted by Crippen LogP contribution is 2.57. The van der Waals surface area contributed by atoms with Crippen LogP contribution < -0.4 is 0 Å². The topological polar surface area (TPSA) is 51.0 Å². The fourth-order valence-electron chi connectivity index (χ4n) is 2.12. The van der Waals surface area contributed by atoms with Crippen molar-refractivity contribution in [2.75, 3.05) is 6.61 Å². The summed E-state index contributed by atoms with van der Waals surface area (Å²) in [5.74, 6) is -4.24. The summed E-state index contributed by atoms with van der Waals surface area (Å²) in [6, 6.07) is 0. The van der Waals surface area contributed by atoms with E-state index in [1.807, 2.05) is 0 Å². The van der Waals surface area contributed by atoms with Gasteiger partial charge >= 0.3 is 18.3 Å². The van der Waals surface area contributed by atoms with Crippen molar-refractivity contribution in [2.24, 2.45) is 16.1 Å². The molecule has 0 aliphatic carbocycles. The van der Waals surface area contributed by atoms with Crippen LogP contribution in [0.3, 0.4) is 0 Å². The summed E-state index contributed by atoms with van der Waals surface area (Å²) in [7, 11) is 0. The van der Waals surface area contributed by atoms with E-state index in [9.17, 15) is 31.1 Å². The van der Waals surface area contributed by atoms with Gasteiger partial charge in [0.05, 0.1) is 12.1 Å². The standard InChI is InChI=1S/C10H12F6N2O2/c1-4-20-6(19)5-7(2,3)17-18-8(5,9(11,12)13)10(14,15)16/h5H,4H2,1-3H3. The molecule has 0 amide bonds. The minimum Gasteiger partial charge on any atom is -0.466 e. The van der Waals surface area contributed by atoms with Crippen LogP contribution >= 0.6 is 0 Å². The molecule has 0 radical (unpaired) electrons. The van der Waals surface area contributed by atoms with E-state index in [2.05, 4.69) is 15.0 Å². The fourth-order valence-corrected chi connectivity index (χ4v) is 2.12. The van der Waals surface area contributed by atoms with E-state index in [4.69, 9.17) is 0 Å². The van der Waals surface area contributed by atoms with Gasteiger partial charge in [-0.1, -0.05) is 0 Å². The van der Waals surface area contributed by atoms with Crippen LogP contribution in [0.1, 0.15) is 20.8 Å². The van der Waals surface area contributed by atoms with Crippen LogP contribution in [0, 0.1) is 5.92 Å². The number of alkyl halides is 6. The molecule has 0 saturated carbocycles. The second-order valence-electron chi connectivity index (χ2n) is 4.80. The third kappa shape index (κ3) is 2.24. The number of esters is 1. The van der Waals surface area contributed by atoms with Crippen LogP contribution in [0.5, 0.6) is 0 Å². The van der Waals surface area contributed by atoms with Crippen molar-refractivity contribution in [3.63, 3.8) is 0 Å². The largest absolute Gasteiger partial charge is 0.466 e. The zero-order valence-corrected chi connectivity index (χ0v) is 10.8. The molecule has 1 unspecified atom stereocenters. The highest BCUT2D eigenvalue weighted by molar-refractivity contribution is 5.77. The van der Waals surface area contributed by atoms with Gasteiger partial charge < -0.3 is 4.74 Å². The Morgan fingerprint density at radius 1 is 1.10 bits per heavy atom. The first-order valence-electron chi connectivity index (χ1n) is 5.55. The first-order valence-corrected chi connectivity index (χ1v) is 5.55. The van der Waals surface area contributed by atoms with Crippen LogP contribution in [0.2, 0.25) is 0 Å². The predicted octanol–water partition coefficient (Wildman–Crippen LogP) is 3.27. The normalized spacial score (nSPS) is 24.8. The Labute approximate surface area is 110 Å². The van der Waals surface area contributed by atoms with Crippen molar-refractivity contribution in [3.8, 4) is 0 Å². The molecule has 20 heavy (non-hydrogen) atoms. The summed E-state index contributed by atoms with van der Waals surface area (Å²) in [5, 5.41) is 5.44. The zero-order valence-electron chi connectivity index (χ0n) is 10.8. The molecular weight excluding hydrogens is 294 g/mol. The average molecular weight is 306 g/mol. The number of carbonyl (C=O) groups excluding carboxylic acids is 1. The van der Waals surface area contributed by atoms with E-state index in [-0.39, 0.29) is 6.61 Å². The summed E-state index contributed by atoms with van der Waals surface area (Å²) >= 11 is 0. The van der Waals surface area contributed by atoms with Gasteiger partial charge in [0.2, 0.25) is 0 Å². The van der Waals surface area contributed by atoms with Crippen molar-refractivity contribution < 1.29 is 35.9 Å². The number of nitrogens with zero attached hydrogens (tertiary/aromatic N) is 2. The summed E-state index contributed by atoms with van der Waals surface area (Å²) in [6.45, 7) is 2.86. The minimum atomic E-state index is -5.82. The maximum absolute atomic E-state index is 13.0. The maximum atomic E-state index is 13.0. The van der Waals surface area contributed by atoms with Gasteiger partial charge in [-0.25, -0.2) is 0 Å². The van der Waals surface area contributed by atoms with E-state index in [0.29, 0.717) is 0 Å². The Morgan fingerprint density at radius 3 is 1.90 bits per heavy atom. The molecule has 4 nitrogen and oxygen atoms in total. The van der Waals surface area contributed by atoms with Crippen molar-refractivity contribution >= 4 is 5.97 Å². The smallest absolute Gasteiger partial charge is 0.425 e. The third-order valence-corrected chi connectivity index (χ3v) is 2.98. The molecule has 0 fully saturated rings. The lowest BCUT2D eigenvalue weighted by atomic mass is 9.73. The molecule has 1 aliphatic heterocycles. The predicted molar refractivity (Wildman–Crippen MR) is 53.9 cm³/mol. The van der Waals surface area contributed by atoms with Gasteiger partial charge in [0.25, 0.3) is 5.54 Å². The molecule has 0 bridgehead atoms.